The van der Waals surface area contributed by atoms with Crippen molar-refractivity contribution in [3.05, 3.63) is 24.0 Å². The fraction of sp³-hybridized carbons (Fsp3) is 0.722. The molecule has 1 aromatic heterocycles. The summed E-state index contributed by atoms with van der Waals surface area (Å²) < 4.78 is 7.56. The maximum Gasteiger partial charge on any atom is 0.407 e. The van der Waals surface area contributed by atoms with E-state index >= 15 is 0 Å². The van der Waals surface area contributed by atoms with E-state index in [1.54, 1.807) is 0 Å². The molecule has 0 aliphatic heterocycles. The fourth-order valence-electron chi connectivity index (χ4n) is 2.36. The van der Waals surface area contributed by atoms with Crippen molar-refractivity contribution in [3.8, 4) is 0 Å². The van der Waals surface area contributed by atoms with Crippen molar-refractivity contribution in [1.29, 1.82) is 0 Å². The van der Waals surface area contributed by atoms with Crippen molar-refractivity contribution in [2.24, 2.45) is 5.92 Å². The van der Waals surface area contributed by atoms with E-state index < -0.39 is 5.60 Å². The van der Waals surface area contributed by atoms with E-state index in [-0.39, 0.29) is 12.1 Å². The van der Waals surface area contributed by atoms with E-state index in [2.05, 4.69) is 54.3 Å². The van der Waals surface area contributed by atoms with Gasteiger partial charge in [-0.3, -0.25) is 0 Å². The van der Waals surface area contributed by atoms with Crippen molar-refractivity contribution in [2.75, 3.05) is 6.54 Å². The van der Waals surface area contributed by atoms with Gasteiger partial charge in [0.2, 0.25) is 0 Å². The van der Waals surface area contributed by atoms with E-state index in [4.69, 9.17) is 4.74 Å². The third-order valence-electron chi connectivity index (χ3n) is 3.60. The molecule has 1 rings (SSSR count). The highest BCUT2D eigenvalue weighted by Gasteiger charge is 2.19. The van der Waals surface area contributed by atoms with Crippen molar-refractivity contribution in [3.63, 3.8) is 0 Å². The molecule has 0 aliphatic carbocycles. The van der Waals surface area contributed by atoms with Crippen LogP contribution in [-0.2, 0) is 17.8 Å². The lowest BCUT2D eigenvalue weighted by atomic mass is 10.0. The van der Waals surface area contributed by atoms with E-state index in [0.717, 1.165) is 19.5 Å². The van der Waals surface area contributed by atoms with Crippen LogP contribution in [0.3, 0.4) is 0 Å². The summed E-state index contributed by atoms with van der Waals surface area (Å²) in [5.41, 5.74) is 0.806. The Bertz CT molecular complexity index is 475. The molecule has 23 heavy (non-hydrogen) atoms. The maximum atomic E-state index is 11.8. The lowest BCUT2D eigenvalue weighted by molar-refractivity contribution is 0.0519. The molecule has 1 heterocycles. The lowest BCUT2D eigenvalue weighted by Gasteiger charge is -2.25. The first-order valence-corrected chi connectivity index (χ1v) is 8.57. The molecule has 132 valence electrons. The summed E-state index contributed by atoms with van der Waals surface area (Å²) in [6, 6.07) is 4.42. The number of aryl methyl sites for hydroxylation is 1. The predicted octanol–water partition coefficient (Wildman–Crippen LogP) is 3.54. The summed E-state index contributed by atoms with van der Waals surface area (Å²) in [6.07, 6.45) is 2.87. The number of aromatic nitrogens is 1. The van der Waals surface area contributed by atoms with Crippen molar-refractivity contribution in [2.45, 2.75) is 72.7 Å². The molecule has 5 heteroatoms. The van der Waals surface area contributed by atoms with Gasteiger partial charge < -0.3 is 19.9 Å². The Morgan fingerprint density at radius 2 is 2.04 bits per heavy atom. The summed E-state index contributed by atoms with van der Waals surface area (Å²) in [4.78, 5) is 11.8. The van der Waals surface area contributed by atoms with Gasteiger partial charge in [0, 0.05) is 37.6 Å². The van der Waals surface area contributed by atoms with E-state index in [1.807, 2.05) is 20.8 Å². The SMILES string of the molecule is CCCn1cccc1CNC(CNC(=O)OC(C)(C)C)C(C)C. The van der Waals surface area contributed by atoms with Gasteiger partial charge in [0.05, 0.1) is 0 Å². The largest absolute Gasteiger partial charge is 0.444 e. The second kappa shape index (κ2) is 8.96. The fourth-order valence-corrected chi connectivity index (χ4v) is 2.36. The van der Waals surface area contributed by atoms with E-state index in [9.17, 15) is 4.79 Å². The molecule has 1 atom stereocenters. The number of rotatable bonds is 8. The summed E-state index contributed by atoms with van der Waals surface area (Å²) in [6.45, 7) is 14.5. The number of ether oxygens (including phenoxy) is 1. The monoisotopic (exact) mass is 323 g/mol. The van der Waals surface area contributed by atoms with Gasteiger partial charge in [-0.05, 0) is 45.2 Å². The molecule has 1 amide bonds. The van der Waals surface area contributed by atoms with Crippen molar-refractivity contribution in [1.82, 2.24) is 15.2 Å². The minimum Gasteiger partial charge on any atom is -0.444 e. The first-order valence-electron chi connectivity index (χ1n) is 8.57. The highest BCUT2D eigenvalue weighted by molar-refractivity contribution is 5.67. The highest BCUT2D eigenvalue weighted by Crippen LogP contribution is 2.08. The summed E-state index contributed by atoms with van der Waals surface area (Å²) in [7, 11) is 0. The first-order chi connectivity index (χ1) is 10.7. The third-order valence-corrected chi connectivity index (χ3v) is 3.60. The Balaban J connectivity index is 2.49. The molecule has 0 spiro atoms. The second-order valence-electron chi connectivity index (χ2n) is 7.31. The quantitative estimate of drug-likeness (QED) is 0.769. The molecule has 0 bridgehead atoms. The number of carbonyl (C=O) groups excluding carboxylic acids is 1. The van der Waals surface area contributed by atoms with Crippen LogP contribution in [0.4, 0.5) is 4.79 Å². The van der Waals surface area contributed by atoms with Gasteiger partial charge in [-0.15, -0.1) is 0 Å². The average molecular weight is 323 g/mol. The number of nitrogens with zero attached hydrogens (tertiary/aromatic N) is 1. The Hall–Kier alpha value is -1.49. The van der Waals surface area contributed by atoms with Crippen molar-refractivity contribution >= 4 is 6.09 Å². The molecule has 1 unspecified atom stereocenters. The van der Waals surface area contributed by atoms with Crippen LogP contribution in [-0.4, -0.2) is 28.8 Å². The molecule has 5 nitrogen and oxygen atoms in total. The minimum absolute atomic E-state index is 0.201. The normalized spacial score (nSPS) is 13.2. The molecule has 0 aliphatic rings. The van der Waals surface area contributed by atoms with E-state index in [1.165, 1.54) is 5.69 Å². The van der Waals surface area contributed by atoms with Crippen LogP contribution >= 0.6 is 0 Å². The Labute approximate surface area is 140 Å². The summed E-state index contributed by atoms with van der Waals surface area (Å²) in [5.74, 6) is 0.416. The second-order valence-corrected chi connectivity index (χ2v) is 7.31. The topological polar surface area (TPSA) is 55.3 Å². The maximum absolute atomic E-state index is 11.8. The summed E-state index contributed by atoms with van der Waals surface area (Å²) >= 11 is 0. The Morgan fingerprint density at radius 1 is 1.35 bits per heavy atom. The minimum atomic E-state index is -0.466. The molecule has 0 saturated heterocycles. The van der Waals surface area contributed by atoms with Crippen LogP contribution < -0.4 is 10.6 Å². The van der Waals surface area contributed by atoms with Crippen LogP contribution in [0.5, 0.6) is 0 Å². The average Bonchev–Trinajstić information content (AvgIpc) is 2.84. The van der Waals surface area contributed by atoms with E-state index in [0.29, 0.717) is 12.5 Å². The van der Waals surface area contributed by atoms with Gasteiger partial charge in [0.25, 0.3) is 0 Å². The molecule has 0 saturated carbocycles. The predicted molar refractivity (Wildman–Crippen MR) is 94.4 cm³/mol. The van der Waals surface area contributed by atoms with Gasteiger partial charge in [-0.2, -0.15) is 0 Å². The number of hydrogen-bond acceptors (Lipinski definition) is 3. The zero-order valence-corrected chi connectivity index (χ0v) is 15.5. The Kier molecular flexibility index (Phi) is 7.62. The number of alkyl carbamates (subject to hydrolysis) is 1. The zero-order chi connectivity index (χ0) is 17.5. The standard InChI is InChI=1S/C18H33N3O2/c1-7-10-21-11-8-9-15(21)12-19-16(14(2)3)13-20-17(22)23-18(4,5)6/h8-9,11,14,16,19H,7,10,12-13H2,1-6H3,(H,20,22). The molecule has 0 aromatic carbocycles. The number of amides is 1. The molecule has 0 radical (unpaired) electrons. The summed E-state index contributed by atoms with van der Waals surface area (Å²) in [5, 5.41) is 6.41. The Morgan fingerprint density at radius 3 is 2.61 bits per heavy atom. The smallest absolute Gasteiger partial charge is 0.407 e. The molecule has 2 N–H and O–H groups in total. The molecule has 1 aromatic rings. The van der Waals surface area contributed by atoms with Crippen LogP contribution in [0.1, 0.15) is 53.7 Å². The lowest BCUT2D eigenvalue weighted by Crippen LogP contribution is -2.45. The first kappa shape index (κ1) is 19.6. The molecular weight excluding hydrogens is 290 g/mol. The van der Waals surface area contributed by atoms with Gasteiger partial charge in [0.15, 0.2) is 0 Å². The van der Waals surface area contributed by atoms with Crippen LogP contribution in [0, 0.1) is 5.92 Å². The molecule has 0 fully saturated rings. The van der Waals surface area contributed by atoms with Gasteiger partial charge >= 0.3 is 6.09 Å². The van der Waals surface area contributed by atoms with Crippen molar-refractivity contribution < 1.29 is 9.53 Å². The number of carbonyl (C=O) groups is 1. The van der Waals surface area contributed by atoms with Gasteiger partial charge in [-0.25, -0.2) is 4.79 Å². The van der Waals surface area contributed by atoms with Crippen LogP contribution in [0.2, 0.25) is 0 Å². The highest BCUT2D eigenvalue weighted by atomic mass is 16.6. The number of nitrogens with one attached hydrogen (secondary N) is 2. The third kappa shape index (κ3) is 7.55. The van der Waals surface area contributed by atoms with Gasteiger partial charge in [-0.1, -0.05) is 20.8 Å². The number of hydrogen-bond donors (Lipinski definition) is 2. The van der Waals surface area contributed by atoms with Gasteiger partial charge in [0.1, 0.15) is 5.60 Å². The zero-order valence-electron chi connectivity index (χ0n) is 15.5. The molecular formula is C18H33N3O2. The van der Waals surface area contributed by atoms with Crippen LogP contribution in [0.25, 0.3) is 0 Å². The van der Waals surface area contributed by atoms with Crippen LogP contribution in [0.15, 0.2) is 18.3 Å².